The zero-order chi connectivity index (χ0) is 39.6. The molecule has 0 radical (unpaired) electrons. The van der Waals surface area contributed by atoms with Crippen molar-refractivity contribution >= 4 is 28.5 Å². The fourth-order valence-corrected chi connectivity index (χ4v) is 3.51. The van der Waals surface area contributed by atoms with E-state index in [1.807, 2.05) is 71.0 Å². The fourth-order valence-electron chi connectivity index (χ4n) is 3.51. The molecule has 8 nitrogen and oxygen atoms in total. The van der Waals surface area contributed by atoms with Gasteiger partial charge in [-0.05, 0) is 120 Å². The quantitative estimate of drug-likeness (QED) is 0.0841. The molecule has 50 heavy (non-hydrogen) atoms. The summed E-state index contributed by atoms with van der Waals surface area (Å²) in [6.07, 6.45) is 8.94. The van der Waals surface area contributed by atoms with Gasteiger partial charge in [0.25, 0.3) is 0 Å². The Morgan fingerprint density at radius 1 is 0.960 bits per heavy atom. The number of methoxy groups -OCH3 is 1. The molecule has 7 N–H and O–H groups in total. The topological polar surface area (TPSA) is 152 Å². The van der Waals surface area contributed by atoms with Crippen LogP contribution in [0.2, 0.25) is 0 Å². The predicted octanol–water partition coefficient (Wildman–Crippen LogP) is 9.33. The molecule has 0 saturated carbocycles. The normalized spacial score (nSPS) is 10.8. The van der Waals surface area contributed by atoms with Gasteiger partial charge in [-0.25, -0.2) is 4.39 Å². The maximum atomic E-state index is 13.2. The van der Waals surface area contributed by atoms with Gasteiger partial charge in [0.05, 0.1) is 30.7 Å². The number of hydrogen-bond acceptors (Lipinski definition) is 8. The molecule has 1 atom stereocenters. The van der Waals surface area contributed by atoms with Crippen LogP contribution < -0.4 is 21.5 Å². The number of aliphatic hydroxyl groups excluding tert-OH is 1. The van der Waals surface area contributed by atoms with Crippen molar-refractivity contribution in [2.24, 2.45) is 11.5 Å². The standard InChI is InChI=1S/C17H22N2O.C10H10F2O.C5H11NO.C5H12O.C3H7N/c1-5-7-8-17(12(3)18)19-15-9-10-16(13(4)20)14(6-2)11-15;1-6(2)7-4-5-8(13-3)10(12)9(7)11;1-3-5(6)4(2)7;1-3-5(6)4-2;1-3(2)4/h5,7-11,18-19H,6H2,1-4H3;4-5H,1H2,2-3H3;5H,3,6H2,1-2H3;5-6H,3-4H2,1-2H3;1,4H2,2H3/b7-5-,17-8+,18-12?;;;;. The van der Waals surface area contributed by atoms with Gasteiger partial charge in [-0.15, -0.1) is 0 Å². The SMILES string of the molecule is C/C=C\C=C(\Nc1ccc(C(C)=O)c(CC)c1)C(C)=N.C=C(C)N.C=C(C)c1ccc(OC)c(F)c1F.CCC(N)C(C)=O.CCC(O)CC. The molecule has 2 aromatic rings. The highest BCUT2D eigenvalue weighted by Crippen LogP contribution is 2.25. The molecule has 2 rings (SSSR count). The molecular formula is C40H62F2N4O4. The number of ether oxygens (including phenoxy) is 1. The Bertz CT molecular complexity index is 1430. The number of allylic oxidation sites excluding steroid dienone is 6. The number of carbonyl (C=O) groups is 2. The van der Waals surface area contributed by atoms with Crippen LogP contribution in [0.15, 0.2) is 73.1 Å². The molecule has 0 aliphatic carbocycles. The summed E-state index contributed by atoms with van der Waals surface area (Å²) in [5.41, 5.74) is 15.4. The molecule has 2 aromatic carbocycles. The van der Waals surface area contributed by atoms with Crippen LogP contribution in [0, 0.1) is 17.0 Å². The van der Waals surface area contributed by atoms with E-state index in [-0.39, 0.29) is 35.0 Å². The third-order valence-corrected chi connectivity index (χ3v) is 6.63. The van der Waals surface area contributed by atoms with Gasteiger partial charge in [0.15, 0.2) is 17.3 Å². The number of rotatable bonds is 12. The van der Waals surface area contributed by atoms with Crippen LogP contribution >= 0.6 is 0 Å². The van der Waals surface area contributed by atoms with Crippen molar-refractivity contribution in [1.82, 2.24) is 0 Å². The Morgan fingerprint density at radius 2 is 1.48 bits per heavy atom. The Labute approximate surface area is 299 Å². The molecule has 0 aromatic heterocycles. The molecule has 0 bridgehead atoms. The summed E-state index contributed by atoms with van der Waals surface area (Å²) in [6.45, 7) is 24.9. The van der Waals surface area contributed by atoms with Crippen molar-refractivity contribution in [3.05, 3.63) is 101 Å². The number of nitrogens with two attached hydrogens (primary N) is 2. The number of aryl methyl sites for hydroxylation is 1. The summed E-state index contributed by atoms with van der Waals surface area (Å²) in [5, 5.41) is 19.7. The zero-order valence-corrected chi connectivity index (χ0v) is 32.1. The van der Waals surface area contributed by atoms with E-state index in [1.54, 1.807) is 27.7 Å². The number of halogens is 2. The van der Waals surface area contributed by atoms with Gasteiger partial charge in [-0.1, -0.05) is 53.0 Å². The van der Waals surface area contributed by atoms with Gasteiger partial charge in [0.1, 0.15) is 5.78 Å². The molecule has 0 saturated heterocycles. The predicted molar refractivity (Wildman–Crippen MR) is 208 cm³/mol. The Morgan fingerprint density at radius 3 is 1.80 bits per heavy atom. The average molecular weight is 701 g/mol. The molecular weight excluding hydrogens is 638 g/mol. The average Bonchev–Trinajstić information content (AvgIpc) is 3.06. The van der Waals surface area contributed by atoms with Crippen LogP contribution in [0.3, 0.4) is 0 Å². The minimum absolute atomic E-state index is 0.0648. The van der Waals surface area contributed by atoms with E-state index in [1.165, 1.54) is 26.2 Å². The largest absolute Gasteiger partial charge is 0.494 e. The highest BCUT2D eigenvalue weighted by atomic mass is 19.2. The lowest BCUT2D eigenvalue weighted by atomic mass is 10.0. The molecule has 0 amide bonds. The van der Waals surface area contributed by atoms with Gasteiger partial charge in [-0.3, -0.25) is 9.59 Å². The second kappa shape index (κ2) is 28.4. The van der Waals surface area contributed by atoms with Crippen LogP contribution in [0.25, 0.3) is 5.57 Å². The summed E-state index contributed by atoms with van der Waals surface area (Å²) in [5.74, 6) is -1.82. The Kier molecular flexibility index (Phi) is 28.4. The van der Waals surface area contributed by atoms with Crippen LogP contribution in [-0.2, 0) is 11.2 Å². The molecule has 0 fully saturated rings. The van der Waals surface area contributed by atoms with E-state index in [9.17, 15) is 18.4 Å². The zero-order valence-electron chi connectivity index (χ0n) is 32.1. The van der Waals surface area contributed by atoms with Crippen molar-refractivity contribution in [2.75, 3.05) is 12.4 Å². The second-order valence-electron chi connectivity index (χ2n) is 11.3. The first-order chi connectivity index (χ1) is 23.3. The number of aliphatic hydroxyl groups is 1. The fraction of sp³-hybridized carbons (Fsp3) is 0.425. The van der Waals surface area contributed by atoms with E-state index in [0.29, 0.717) is 17.0 Å². The number of anilines is 1. The van der Waals surface area contributed by atoms with E-state index >= 15 is 0 Å². The number of hydrogen-bond donors (Lipinski definition) is 5. The first kappa shape index (κ1) is 50.0. The second-order valence-corrected chi connectivity index (χ2v) is 11.3. The summed E-state index contributed by atoms with van der Waals surface area (Å²) in [7, 11) is 1.29. The monoisotopic (exact) mass is 700 g/mol. The molecule has 280 valence electrons. The maximum absolute atomic E-state index is 13.2. The smallest absolute Gasteiger partial charge is 0.201 e. The molecule has 0 aliphatic heterocycles. The summed E-state index contributed by atoms with van der Waals surface area (Å²) in [4.78, 5) is 21.8. The van der Waals surface area contributed by atoms with Crippen molar-refractivity contribution in [2.45, 2.75) is 107 Å². The minimum atomic E-state index is -0.969. The first-order valence-corrected chi connectivity index (χ1v) is 16.6. The lowest BCUT2D eigenvalue weighted by molar-refractivity contribution is -0.118. The molecule has 10 heteroatoms. The lowest BCUT2D eigenvalue weighted by Crippen LogP contribution is -2.26. The van der Waals surface area contributed by atoms with E-state index in [4.69, 9.17) is 22.0 Å². The molecule has 0 aliphatic rings. The number of carbonyl (C=O) groups excluding carboxylic acids is 2. The van der Waals surface area contributed by atoms with Crippen LogP contribution in [0.1, 0.15) is 110 Å². The highest BCUT2D eigenvalue weighted by Gasteiger charge is 2.13. The van der Waals surface area contributed by atoms with Gasteiger partial charge in [0, 0.05) is 16.8 Å². The highest BCUT2D eigenvalue weighted by molar-refractivity contribution is 5.99. The van der Waals surface area contributed by atoms with Gasteiger partial charge in [0.2, 0.25) is 5.82 Å². The summed E-state index contributed by atoms with van der Waals surface area (Å²) in [6, 6.07) is 8.28. The first-order valence-electron chi connectivity index (χ1n) is 16.6. The molecule has 0 spiro atoms. The van der Waals surface area contributed by atoms with Crippen LogP contribution in [0.5, 0.6) is 5.75 Å². The van der Waals surface area contributed by atoms with E-state index in [0.717, 1.165) is 48.2 Å². The number of ketones is 2. The Balaban J connectivity index is -0.000000628. The summed E-state index contributed by atoms with van der Waals surface area (Å²) < 4.78 is 30.9. The number of Topliss-reactive ketones (excluding diaryl/α,β-unsaturated/α-hetero) is 2. The number of nitrogens with one attached hydrogen (secondary N) is 2. The third-order valence-electron chi connectivity index (χ3n) is 6.63. The summed E-state index contributed by atoms with van der Waals surface area (Å²) >= 11 is 0. The van der Waals surface area contributed by atoms with E-state index < -0.39 is 11.6 Å². The van der Waals surface area contributed by atoms with E-state index in [2.05, 4.69) is 23.2 Å². The van der Waals surface area contributed by atoms with Crippen molar-refractivity contribution in [3.63, 3.8) is 0 Å². The van der Waals surface area contributed by atoms with Gasteiger partial charge >= 0.3 is 0 Å². The van der Waals surface area contributed by atoms with Gasteiger partial charge in [-0.2, -0.15) is 4.39 Å². The maximum Gasteiger partial charge on any atom is 0.201 e. The van der Waals surface area contributed by atoms with Crippen LogP contribution in [0.4, 0.5) is 14.5 Å². The van der Waals surface area contributed by atoms with Crippen molar-refractivity contribution in [3.8, 4) is 5.75 Å². The van der Waals surface area contributed by atoms with Gasteiger partial charge < -0.3 is 32.0 Å². The molecule has 1 unspecified atom stereocenters. The Hall–Kier alpha value is -4.41. The third kappa shape index (κ3) is 22.3. The van der Waals surface area contributed by atoms with Crippen molar-refractivity contribution in [1.29, 1.82) is 5.41 Å². The molecule has 0 heterocycles. The van der Waals surface area contributed by atoms with Crippen LogP contribution in [-0.4, -0.2) is 41.6 Å². The lowest BCUT2D eigenvalue weighted by Gasteiger charge is -2.12. The van der Waals surface area contributed by atoms with Crippen molar-refractivity contribution < 1.29 is 28.2 Å². The minimum Gasteiger partial charge on any atom is -0.494 e. The number of benzene rings is 2.